The quantitative estimate of drug-likeness (QED) is 0.121. The van der Waals surface area contributed by atoms with Crippen molar-refractivity contribution in [3.63, 3.8) is 0 Å². The van der Waals surface area contributed by atoms with Crippen molar-refractivity contribution in [2.75, 3.05) is 43.1 Å². The number of halogens is 6. The average molecular weight is 883 g/mol. The molecule has 11 nitrogen and oxygen atoms in total. The van der Waals surface area contributed by atoms with Crippen LogP contribution in [0.2, 0.25) is 20.4 Å². The van der Waals surface area contributed by atoms with Gasteiger partial charge >= 0.3 is 29.6 Å². The number of aldehydes is 1. The number of piperidine rings is 2. The Kier molecular flexibility index (Phi) is 17.2. The van der Waals surface area contributed by atoms with Crippen LogP contribution in [-0.4, -0.2) is 87.4 Å². The Balaban J connectivity index is 0.000000289. The van der Waals surface area contributed by atoms with Crippen LogP contribution < -0.4 is 39.4 Å². The molecule has 6 heterocycles. The number of rotatable bonds is 6. The number of aromatic nitrogens is 6. The molecule has 3 radical (unpaired) electrons. The third-order valence-electron chi connectivity index (χ3n) is 10.1. The summed E-state index contributed by atoms with van der Waals surface area (Å²) in [5, 5.41) is 26.4. The van der Waals surface area contributed by atoms with Gasteiger partial charge in [-0.15, -0.1) is 0 Å². The van der Waals surface area contributed by atoms with Gasteiger partial charge in [0.15, 0.2) is 17.6 Å². The topological polar surface area (TPSA) is 124 Å². The summed E-state index contributed by atoms with van der Waals surface area (Å²) in [6.45, 7) is 7.61. The number of hydrogen-bond donors (Lipinski definition) is 2. The summed E-state index contributed by atoms with van der Waals surface area (Å²) < 4.78 is 30.5. The molecule has 2 aliphatic rings. The average Bonchev–Trinajstić information content (AvgIpc) is 3.79. The van der Waals surface area contributed by atoms with E-state index in [1.807, 2.05) is 0 Å². The van der Waals surface area contributed by atoms with Crippen LogP contribution in [0.4, 0.5) is 20.4 Å². The second kappa shape index (κ2) is 21.0. The minimum absolute atomic E-state index is 0. The molecule has 0 unspecified atom stereocenters. The first-order valence-corrected chi connectivity index (χ1v) is 19.5. The Hall–Kier alpha value is -3.05. The van der Waals surface area contributed by atoms with E-state index in [0.717, 1.165) is 70.6 Å². The van der Waals surface area contributed by atoms with E-state index in [1.165, 1.54) is 30.5 Å². The van der Waals surface area contributed by atoms with Gasteiger partial charge in [0.1, 0.15) is 33.6 Å². The maximum Gasteiger partial charge on any atom is 1.00 e. The Morgan fingerprint density at radius 2 is 1.16 bits per heavy atom. The number of aliphatic hydroxyl groups excluding tert-OH is 2. The molecule has 19 heteroatoms. The number of carbonyl (C=O) groups is 1. The molecule has 0 bridgehead atoms. The van der Waals surface area contributed by atoms with Crippen molar-refractivity contribution >= 4 is 84.0 Å². The smallest absolute Gasteiger partial charge is 1.00 e. The molecule has 0 atom stereocenters. The number of anilines is 2. The molecule has 2 N–H and O–H groups in total. The third kappa shape index (κ3) is 9.77. The molecule has 8 rings (SSSR count). The van der Waals surface area contributed by atoms with Crippen LogP contribution in [0.5, 0.6) is 0 Å². The second-order valence-electron chi connectivity index (χ2n) is 13.8. The van der Waals surface area contributed by atoms with Gasteiger partial charge in [0, 0.05) is 58.4 Å². The summed E-state index contributed by atoms with van der Waals surface area (Å²) in [6.07, 6.45) is 7.92. The van der Waals surface area contributed by atoms with Gasteiger partial charge in [-0.2, -0.15) is 19.2 Å². The zero-order chi connectivity index (χ0) is 40.3. The molecule has 0 spiro atoms. The minimum atomic E-state index is -0.426. The monoisotopic (exact) mass is 881 g/mol. The van der Waals surface area contributed by atoms with Crippen LogP contribution in [0.15, 0.2) is 48.8 Å². The van der Waals surface area contributed by atoms with E-state index >= 15 is 0 Å². The normalized spacial score (nSPS) is 14.6. The van der Waals surface area contributed by atoms with E-state index in [1.54, 1.807) is 27.4 Å². The van der Waals surface area contributed by atoms with Crippen LogP contribution in [0, 0.1) is 23.5 Å². The largest absolute Gasteiger partial charge is 1.00 e. The predicted molar refractivity (Wildman–Crippen MR) is 224 cm³/mol. The molecular formula is C39H41BCl4F2N8NaO3. The number of nitrogens with zero attached hydrogens (tertiary/aromatic N) is 8. The van der Waals surface area contributed by atoms with E-state index < -0.39 is 11.6 Å². The van der Waals surface area contributed by atoms with Gasteiger partial charge in [-0.25, -0.2) is 18.7 Å². The van der Waals surface area contributed by atoms with Crippen molar-refractivity contribution in [3.05, 3.63) is 91.9 Å². The third-order valence-corrected chi connectivity index (χ3v) is 11.3. The standard InChI is InChI=1S/C19H19Cl2FN4O.C19H17Cl2FN4O.CH4O.B.Na.H/c2*1-11-4-6-25(7-5-11)19-16(14-3-2-13(22)8-15(14)20)17(21)24-18-12(10-27)9-23-26(18)19;1-2;;;/h2-3,8-9,11,27H,4-7,10H2,1H3;2-3,8-11H,4-7H2,1H3;2H,1H3;;;/q;;;;+1;-1. The van der Waals surface area contributed by atoms with Crippen LogP contribution >= 0.6 is 46.4 Å². The predicted octanol–water partition coefficient (Wildman–Crippen LogP) is 5.81. The fraction of sp³-hybridized carbons (Fsp3) is 0.359. The fourth-order valence-electron chi connectivity index (χ4n) is 7.03. The van der Waals surface area contributed by atoms with Gasteiger partial charge in [-0.05, 0) is 73.9 Å². The van der Waals surface area contributed by atoms with E-state index in [2.05, 4.69) is 43.8 Å². The van der Waals surface area contributed by atoms with Crippen LogP contribution in [0.25, 0.3) is 33.5 Å². The van der Waals surface area contributed by atoms with Crippen molar-refractivity contribution < 1.29 is 54.8 Å². The molecule has 0 saturated carbocycles. The summed E-state index contributed by atoms with van der Waals surface area (Å²) >= 11 is 25.8. The van der Waals surface area contributed by atoms with E-state index in [9.17, 15) is 18.7 Å². The zero-order valence-electron chi connectivity index (χ0n) is 33.4. The van der Waals surface area contributed by atoms with Crippen molar-refractivity contribution in [1.82, 2.24) is 29.2 Å². The second-order valence-corrected chi connectivity index (χ2v) is 15.3. The minimum Gasteiger partial charge on any atom is -1.00 e. The molecule has 2 aromatic carbocycles. The number of aliphatic hydroxyl groups is 2. The van der Waals surface area contributed by atoms with E-state index in [-0.39, 0.29) is 66.4 Å². The molecule has 6 aromatic rings. The van der Waals surface area contributed by atoms with Gasteiger partial charge in [0.25, 0.3) is 0 Å². The SMILES string of the molecule is CC1CCN(c2c(-c3ccc(F)cc3Cl)c(Cl)nc3c(C=O)cnn23)CC1.CC1CCN(c2c(-c3ccc(F)cc3Cl)c(Cl)nc3c(CO)cnn23)CC1.CO.[B].[H-].[Na+]. The molecule has 301 valence electrons. The number of hydrogen-bond acceptors (Lipinski definition) is 9. The first kappa shape index (κ1) is 47.6. The number of benzene rings is 2. The van der Waals surface area contributed by atoms with Gasteiger partial charge in [-0.1, -0.05) is 60.3 Å². The molecule has 2 saturated heterocycles. The summed E-state index contributed by atoms with van der Waals surface area (Å²) in [5.41, 5.74) is 4.26. The molecular weight excluding hydrogens is 842 g/mol. The van der Waals surface area contributed by atoms with E-state index in [0.29, 0.717) is 62.8 Å². The Bertz CT molecular complexity index is 2380. The summed E-state index contributed by atoms with van der Waals surface area (Å²) in [6, 6.07) is 8.41. The molecule has 2 aliphatic heterocycles. The van der Waals surface area contributed by atoms with Gasteiger partial charge < -0.3 is 21.4 Å². The van der Waals surface area contributed by atoms with Crippen molar-refractivity contribution in [1.29, 1.82) is 0 Å². The van der Waals surface area contributed by atoms with Crippen LogP contribution in [0.1, 0.15) is 56.9 Å². The molecule has 0 amide bonds. The first-order valence-electron chi connectivity index (χ1n) is 18.0. The maximum absolute atomic E-state index is 13.6. The van der Waals surface area contributed by atoms with Crippen LogP contribution in [0.3, 0.4) is 0 Å². The molecule has 58 heavy (non-hydrogen) atoms. The van der Waals surface area contributed by atoms with Gasteiger partial charge in [-0.3, -0.25) is 4.79 Å². The summed E-state index contributed by atoms with van der Waals surface area (Å²) in [5.74, 6) is 1.93. The maximum atomic E-state index is 13.6. The van der Waals surface area contributed by atoms with E-state index in [4.69, 9.17) is 51.5 Å². The first-order chi connectivity index (χ1) is 27.0. The summed E-state index contributed by atoms with van der Waals surface area (Å²) in [7, 11) is 1.00. The Morgan fingerprint density at radius 1 is 0.741 bits per heavy atom. The van der Waals surface area contributed by atoms with Crippen molar-refractivity contribution in [2.24, 2.45) is 11.8 Å². The molecule has 0 aliphatic carbocycles. The Morgan fingerprint density at radius 3 is 1.57 bits per heavy atom. The number of fused-ring (bicyclic) bond motifs is 2. The van der Waals surface area contributed by atoms with Gasteiger partial charge in [0.05, 0.1) is 45.7 Å². The van der Waals surface area contributed by atoms with Crippen molar-refractivity contribution in [3.8, 4) is 22.3 Å². The summed E-state index contributed by atoms with van der Waals surface area (Å²) in [4.78, 5) is 24.6. The Labute approximate surface area is 380 Å². The van der Waals surface area contributed by atoms with Crippen molar-refractivity contribution in [2.45, 2.75) is 46.1 Å². The van der Waals surface area contributed by atoms with Gasteiger partial charge in [0.2, 0.25) is 0 Å². The molecule has 2 fully saturated rings. The van der Waals surface area contributed by atoms with Crippen LogP contribution in [-0.2, 0) is 6.61 Å². The number of carbonyl (C=O) groups excluding carboxylic acids is 1. The molecule has 4 aromatic heterocycles. The fourth-order valence-corrected chi connectivity index (χ4v) is 8.09. The zero-order valence-corrected chi connectivity index (χ0v) is 37.5.